The number of primary amides is 1. The topological polar surface area (TPSA) is 70.7 Å². The second-order valence-corrected chi connectivity index (χ2v) is 5.81. The fraction of sp³-hybridized carbons (Fsp3) is 0.312. The molecule has 1 amide bonds. The van der Waals surface area contributed by atoms with Crippen LogP contribution in [0, 0.1) is 6.08 Å². The van der Waals surface area contributed by atoms with Crippen LogP contribution in [0.3, 0.4) is 0 Å². The Balaban J connectivity index is 2.22. The number of carbonyl (C=O) groups is 1. The third-order valence-corrected chi connectivity index (χ3v) is 4.05. The van der Waals surface area contributed by atoms with Gasteiger partial charge in [0, 0.05) is 0 Å². The number of nitrogens with zero attached hydrogens (tertiary/aromatic N) is 2. The summed E-state index contributed by atoms with van der Waals surface area (Å²) in [6.45, 7) is 2.00. The van der Waals surface area contributed by atoms with Gasteiger partial charge in [-0.25, -0.2) is 0 Å². The summed E-state index contributed by atoms with van der Waals surface area (Å²) in [6, 6.07) is 9.56. The Hall–Kier alpha value is -1.74. The van der Waals surface area contributed by atoms with Crippen LogP contribution in [0.1, 0.15) is 19.3 Å². The number of rotatable bonds is 5. The zero-order valence-corrected chi connectivity index (χ0v) is 15.2. The molecule has 0 spiro atoms. The molecule has 1 heterocycles. The summed E-state index contributed by atoms with van der Waals surface area (Å²) in [4.78, 5) is 18.0. The number of aliphatic imine (C=N–C) groups is 1. The standard InChI is InChI=1S/C16H19N4O.W/c1-13(20-10-6-3-7-11-20)18-16(12-15(17)21)19-14-8-4-2-5-9-14;/h1-2,4-5,8-9,19H,3,6-7,10-11H2,(H2,17,21);/q-1;/b18-13+;. The van der Waals surface area contributed by atoms with Gasteiger partial charge in [0.1, 0.15) is 0 Å². The van der Waals surface area contributed by atoms with Gasteiger partial charge in [-0.05, 0) is 0 Å². The molecule has 5 nitrogen and oxygen atoms in total. The van der Waals surface area contributed by atoms with E-state index in [1.54, 1.807) is 0 Å². The monoisotopic (exact) mass is 467 g/mol. The molecule has 0 saturated carbocycles. The summed E-state index contributed by atoms with van der Waals surface area (Å²) in [5.74, 6) is 0.585. The zero-order valence-electron chi connectivity index (χ0n) is 12.3. The molecule has 0 aromatic heterocycles. The van der Waals surface area contributed by atoms with E-state index in [1.165, 1.54) is 38.6 Å². The maximum absolute atomic E-state index is 11.2. The SMILES string of the molecule is NC(=O)[C-]=C(/N=C(\[CH]=[W])N1CCCCC1)Nc1ccccc1. The number of nitrogens with two attached hydrogens (primary N) is 1. The van der Waals surface area contributed by atoms with E-state index in [1.807, 2.05) is 34.7 Å². The molecular formula is C16H19N4OW-. The van der Waals surface area contributed by atoms with Crippen molar-refractivity contribution in [2.45, 2.75) is 19.3 Å². The molecule has 0 radical (unpaired) electrons. The van der Waals surface area contributed by atoms with Crippen LogP contribution in [0.15, 0.2) is 41.1 Å². The molecule has 0 aliphatic carbocycles. The number of benzene rings is 1. The molecule has 3 N–H and O–H groups in total. The van der Waals surface area contributed by atoms with Gasteiger partial charge in [0.25, 0.3) is 0 Å². The summed E-state index contributed by atoms with van der Waals surface area (Å²) in [6.07, 6.45) is 6.16. The number of amidine groups is 1. The Bertz CT molecular complexity index is 577. The number of nitrogens with one attached hydrogen (secondary N) is 1. The van der Waals surface area contributed by atoms with Crippen LogP contribution in [-0.2, 0) is 24.1 Å². The molecule has 0 unspecified atom stereocenters. The van der Waals surface area contributed by atoms with E-state index in [4.69, 9.17) is 5.73 Å². The van der Waals surface area contributed by atoms with E-state index in [-0.39, 0.29) is 0 Å². The van der Waals surface area contributed by atoms with Crippen molar-refractivity contribution in [3.63, 3.8) is 0 Å². The first-order valence-corrected chi connectivity index (χ1v) is 8.92. The van der Waals surface area contributed by atoms with Crippen molar-refractivity contribution in [2.75, 3.05) is 18.4 Å². The molecule has 1 aromatic rings. The number of anilines is 1. The van der Waals surface area contributed by atoms with Crippen molar-refractivity contribution in [3.05, 3.63) is 42.2 Å². The van der Waals surface area contributed by atoms with Gasteiger partial charge in [-0.3, -0.25) is 0 Å². The molecule has 22 heavy (non-hydrogen) atoms. The van der Waals surface area contributed by atoms with Crippen molar-refractivity contribution < 1.29 is 24.1 Å². The first kappa shape index (κ1) is 16.6. The van der Waals surface area contributed by atoms with Gasteiger partial charge in [0.05, 0.1) is 0 Å². The number of piperidine rings is 1. The quantitative estimate of drug-likeness (QED) is 0.298. The van der Waals surface area contributed by atoms with Crippen molar-refractivity contribution >= 4 is 21.8 Å². The van der Waals surface area contributed by atoms with E-state index in [0.717, 1.165) is 24.6 Å². The number of hydrogen-bond donors (Lipinski definition) is 2. The fourth-order valence-corrected chi connectivity index (χ4v) is 3.00. The molecule has 1 aliphatic heterocycles. The Morgan fingerprint density at radius 3 is 2.55 bits per heavy atom. The van der Waals surface area contributed by atoms with Crippen molar-refractivity contribution in [1.29, 1.82) is 0 Å². The summed E-state index contributed by atoms with van der Waals surface area (Å²) in [5.41, 5.74) is 6.09. The van der Waals surface area contributed by atoms with Crippen molar-refractivity contribution in [3.8, 4) is 0 Å². The van der Waals surface area contributed by atoms with Gasteiger partial charge >= 0.3 is 142 Å². The summed E-state index contributed by atoms with van der Waals surface area (Å²) in [5, 5.41) is 3.09. The molecule has 2 rings (SSSR count). The van der Waals surface area contributed by atoms with Gasteiger partial charge in [-0.15, -0.1) is 0 Å². The number of carbonyl (C=O) groups excluding carboxylic acids is 1. The second kappa shape index (κ2) is 8.64. The number of likely N-dealkylation sites (tertiary alicyclic amines) is 1. The number of hydrogen-bond acceptors (Lipinski definition) is 3. The molecular weight excluding hydrogens is 448 g/mol. The maximum atomic E-state index is 11.2. The van der Waals surface area contributed by atoms with Crippen molar-refractivity contribution in [2.24, 2.45) is 10.7 Å². The Morgan fingerprint density at radius 2 is 1.95 bits per heavy atom. The van der Waals surface area contributed by atoms with Crippen LogP contribution in [0.2, 0.25) is 0 Å². The molecule has 1 aliphatic rings. The van der Waals surface area contributed by atoms with Crippen LogP contribution in [0.25, 0.3) is 0 Å². The molecule has 1 fully saturated rings. The fourth-order valence-electron chi connectivity index (χ4n) is 2.27. The Labute approximate surface area is 141 Å². The van der Waals surface area contributed by atoms with E-state index >= 15 is 0 Å². The average molecular weight is 467 g/mol. The van der Waals surface area contributed by atoms with Gasteiger partial charge in [-0.2, -0.15) is 0 Å². The van der Waals surface area contributed by atoms with Crippen molar-refractivity contribution in [1.82, 2.24) is 4.90 Å². The minimum absolute atomic E-state index is 0.344. The van der Waals surface area contributed by atoms with Crippen LogP contribution < -0.4 is 11.1 Å². The van der Waals surface area contributed by atoms with Gasteiger partial charge < -0.3 is 0 Å². The summed E-state index contributed by atoms with van der Waals surface area (Å²) >= 11 is 1.32. The molecule has 0 bridgehead atoms. The van der Waals surface area contributed by atoms with Crippen LogP contribution in [0.4, 0.5) is 5.69 Å². The van der Waals surface area contributed by atoms with Gasteiger partial charge in [0.2, 0.25) is 0 Å². The van der Waals surface area contributed by atoms with Gasteiger partial charge in [0.15, 0.2) is 0 Å². The molecule has 1 saturated heterocycles. The number of para-hydroxylation sites is 1. The molecule has 1 aromatic carbocycles. The third kappa shape index (κ3) is 5.23. The summed E-state index contributed by atoms with van der Waals surface area (Å²) < 4.78 is 2.03. The Morgan fingerprint density at radius 1 is 1.27 bits per heavy atom. The zero-order chi connectivity index (χ0) is 15.8. The molecule has 6 heteroatoms. The van der Waals surface area contributed by atoms with Crippen LogP contribution in [-0.4, -0.2) is 34.1 Å². The van der Waals surface area contributed by atoms with E-state index in [9.17, 15) is 4.79 Å². The van der Waals surface area contributed by atoms with E-state index in [2.05, 4.69) is 21.3 Å². The minimum atomic E-state index is -0.636. The van der Waals surface area contributed by atoms with E-state index < -0.39 is 5.91 Å². The predicted molar refractivity (Wildman–Crippen MR) is 84.9 cm³/mol. The predicted octanol–water partition coefficient (Wildman–Crippen LogP) is 1.46. The first-order valence-electron chi connectivity index (χ1n) is 7.23. The van der Waals surface area contributed by atoms with Gasteiger partial charge in [-0.1, -0.05) is 0 Å². The van der Waals surface area contributed by atoms with Crippen LogP contribution in [0.5, 0.6) is 0 Å². The normalized spacial score (nSPS) is 16.3. The average Bonchev–Trinajstić information content (AvgIpc) is 2.53. The second-order valence-electron chi connectivity index (χ2n) is 4.96. The summed E-state index contributed by atoms with van der Waals surface area (Å²) in [7, 11) is 0. The van der Waals surface area contributed by atoms with E-state index in [0.29, 0.717) is 5.82 Å². The number of amides is 1. The first-order chi connectivity index (χ1) is 10.7. The molecule has 116 valence electrons. The molecule has 0 atom stereocenters. The third-order valence-electron chi connectivity index (χ3n) is 3.29. The van der Waals surface area contributed by atoms with Crippen LogP contribution >= 0.6 is 0 Å². The Kier molecular flexibility index (Phi) is 6.53.